The zero-order valence-corrected chi connectivity index (χ0v) is 22.7. The SMILES string of the molecule is CCc1nc2nc([C@@H](NC(O)c3ccnn3C)C3CCC(F)(F)CC3)cn2nc1C[C@H]1C[C@@H](C(F)(F)F)CNC1=O. The van der Waals surface area contributed by atoms with Crippen molar-refractivity contribution in [2.24, 2.45) is 24.8 Å². The summed E-state index contributed by atoms with van der Waals surface area (Å²) in [5, 5.41) is 25.1. The highest BCUT2D eigenvalue weighted by molar-refractivity contribution is 5.79. The van der Waals surface area contributed by atoms with E-state index >= 15 is 0 Å². The molecular formula is C26H33F5N8O2. The number of alkyl halides is 5. The molecule has 1 aliphatic carbocycles. The van der Waals surface area contributed by atoms with Crippen LogP contribution in [0.15, 0.2) is 18.5 Å². The maximum Gasteiger partial charge on any atom is 0.393 e. The van der Waals surface area contributed by atoms with Gasteiger partial charge in [0.15, 0.2) is 0 Å². The van der Waals surface area contributed by atoms with E-state index < -0.39 is 48.7 Å². The van der Waals surface area contributed by atoms with Gasteiger partial charge in [-0.25, -0.2) is 23.3 Å². The van der Waals surface area contributed by atoms with Crippen molar-refractivity contribution in [3.05, 3.63) is 41.2 Å². The van der Waals surface area contributed by atoms with Crippen LogP contribution in [0.4, 0.5) is 22.0 Å². The Kier molecular flexibility index (Phi) is 8.03. The number of nitrogens with one attached hydrogen (secondary N) is 2. The molecule has 1 saturated carbocycles. The van der Waals surface area contributed by atoms with Crippen LogP contribution in [0.1, 0.15) is 74.1 Å². The molecule has 1 amide bonds. The van der Waals surface area contributed by atoms with Crippen LogP contribution < -0.4 is 10.6 Å². The number of carbonyl (C=O) groups is 1. The molecule has 0 aromatic carbocycles. The molecule has 1 saturated heterocycles. The van der Waals surface area contributed by atoms with Gasteiger partial charge in [-0.1, -0.05) is 6.92 Å². The molecule has 10 nitrogen and oxygen atoms in total. The number of piperidine rings is 1. The second kappa shape index (κ2) is 11.2. The standard InChI is InChI=1S/C26H33F5N8O2/c1-3-17-18(11-15-10-16(26(29,30)31)12-32-22(15)40)37-39-13-19(35-24(39)34-17)21(14-4-7-25(27,28)8-5-14)36-23(41)20-6-9-33-38(20)2/h6,9,13-16,21,23,36,41H,3-5,7-8,10-12H2,1-2H3,(H,32,40)/t15-,16-,21+,23?/m1/s1. The fourth-order valence-corrected chi connectivity index (χ4v) is 5.82. The number of amides is 1. The van der Waals surface area contributed by atoms with Gasteiger partial charge in [0.25, 0.3) is 5.78 Å². The van der Waals surface area contributed by atoms with Gasteiger partial charge in [-0.05, 0) is 37.7 Å². The summed E-state index contributed by atoms with van der Waals surface area (Å²) >= 11 is 0. The van der Waals surface area contributed by atoms with Gasteiger partial charge >= 0.3 is 6.18 Å². The van der Waals surface area contributed by atoms with E-state index in [1.54, 1.807) is 19.3 Å². The molecule has 0 spiro atoms. The number of fused-ring (bicyclic) bond motifs is 1. The van der Waals surface area contributed by atoms with Gasteiger partial charge in [-0.3, -0.25) is 14.8 Å². The second-order valence-electron chi connectivity index (χ2n) is 11.0. The van der Waals surface area contributed by atoms with Crippen LogP contribution in [0, 0.1) is 17.8 Å². The highest BCUT2D eigenvalue weighted by Gasteiger charge is 2.45. The zero-order valence-electron chi connectivity index (χ0n) is 22.7. The molecule has 224 valence electrons. The zero-order chi connectivity index (χ0) is 29.5. The summed E-state index contributed by atoms with van der Waals surface area (Å²) in [6.45, 7) is 1.38. The third-order valence-electron chi connectivity index (χ3n) is 8.21. The van der Waals surface area contributed by atoms with Crippen molar-refractivity contribution < 1.29 is 31.9 Å². The number of aliphatic hydroxyl groups is 1. The minimum atomic E-state index is -4.42. The molecule has 4 heterocycles. The summed E-state index contributed by atoms with van der Waals surface area (Å²) in [5.74, 6) is -5.79. The molecule has 2 aliphatic rings. The number of hydrogen-bond donors (Lipinski definition) is 3. The maximum atomic E-state index is 14.0. The van der Waals surface area contributed by atoms with Crippen molar-refractivity contribution in [2.75, 3.05) is 6.54 Å². The number of aryl methyl sites for hydroxylation is 2. The predicted molar refractivity (Wildman–Crippen MR) is 135 cm³/mol. The lowest BCUT2D eigenvalue weighted by atomic mass is 9.81. The van der Waals surface area contributed by atoms with Crippen LogP contribution in [0.5, 0.6) is 0 Å². The smallest absolute Gasteiger partial charge is 0.373 e. The third-order valence-corrected chi connectivity index (χ3v) is 8.21. The van der Waals surface area contributed by atoms with Crippen LogP contribution in [-0.4, -0.2) is 59.0 Å². The maximum absolute atomic E-state index is 14.0. The minimum absolute atomic E-state index is 0.0172. The molecule has 3 aromatic heterocycles. The van der Waals surface area contributed by atoms with Crippen molar-refractivity contribution >= 4 is 11.7 Å². The van der Waals surface area contributed by atoms with Crippen molar-refractivity contribution in [2.45, 2.75) is 76.2 Å². The molecule has 1 aliphatic heterocycles. The molecule has 41 heavy (non-hydrogen) atoms. The molecule has 15 heteroatoms. The number of nitrogens with zero attached hydrogens (tertiary/aromatic N) is 6. The summed E-state index contributed by atoms with van der Waals surface area (Å²) in [6.07, 6.45) is -2.54. The number of aliphatic hydroxyl groups excluding tert-OH is 1. The van der Waals surface area contributed by atoms with E-state index in [0.717, 1.165) is 0 Å². The first-order chi connectivity index (χ1) is 19.3. The largest absolute Gasteiger partial charge is 0.393 e. The lowest BCUT2D eigenvalue weighted by Crippen LogP contribution is -2.47. The predicted octanol–water partition coefficient (Wildman–Crippen LogP) is 3.42. The van der Waals surface area contributed by atoms with E-state index in [4.69, 9.17) is 0 Å². The van der Waals surface area contributed by atoms with Gasteiger partial charge in [-0.15, -0.1) is 0 Å². The normalized spacial score (nSPS) is 23.5. The number of rotatable bonds is 8. The second-order valence-corrected chi connectivity index (χ2v) is 11.0. The van der Waals surface area contributed by atoms with E-state index in [1.165, 1.54) is 15.4 Å². The molecule has 4 atom stereocenters. The molecule has 3 N–H and O–H groups in total. The van der Waals surface area contributed by atoms with Gasteiger partial charge in [0.1, 0.15) is 6.23 Å². The van der Waals surface area contributed by atoms with Crippen molar-refractivity contribution in [3.8, 4) is 0 Å². The van der Waals surface area contributed by atoms with Gasteiger partial charge in [0.05, 0.1) is 40.9 Å². The average Bonchev–Trinajstić information content (AvgIpc) is 3.53. The number of hydrogen-bond acceptors (Lipinski definition) is 7. The van der Waals surface area contributed by atoms with Crippen LogP contribution >= 0.6 is 0 Å². The minimum Gasteiger partial charge on any atom is -0.373 e. The third kappa shape index (κ3) is 6.35. The topological polar surface area (TPSA) is 122 Å². The first kappa shape index (κ1) is 29.3. The number of halogens is 5. The van der Waals surface area contributed by atoms with E-state index in [9.17, 15) is 31.9 Å². The summed E-state index contributed by atoms with van der Waals surface area (Å²) in [7, 11) is 1.67. The van der Waals surface area contributed by atoms with Gasteiger partial charge in [-0.2, -0.15) is 23.4 Å². The highest BCUT2D eigenvalue weighted by Crippen LogP contribution is 2.42. The van der Waals surface area contributed by atoms with Crippen molar-refractivity contribution in [1.29, 1.82) is 0 Å². The van der Waals surface area contributed by atoms with Crippen molar-refractivity contribution in [1.82, 2.24) is 40.0 Å². The van der Waals surface area contributed by atoms with E-state index in [0.29, 0.717) is 29.2 Å². The molecule has 2 fully saturated rings. The van der Waals surface area contributed by atoms with E-state index in [1.807, 2.05) is 6.92 Å². The monoisotopic (exact) mass is 584 g/mol. The molecule has 5 rings (SSSR count). The first-order valence-corrected chi connectivity index (χ1v) is 13.7. The first-order valence-electron chi connectivity index (χ1n) is 13.7. The summed E-state index contributed by atoms with van der Waals surface area (Å²) in [5.41, 5.74) is 1.82. The van der Waals surface area contributed by atoms with E-state index in [2.05, 4.69) is 30.8 Å². The Balaban J connectivity index is 1.44. The Labute approximate surface area is 232 Å². The number of aromatic nitrogens is 6. The Morgan fingerprint density at radius 1 is 1.22 bits per heavy atom. The Hall–Kier alpha value is -3.20. The molecular weight excluding hydrogens is 551 g/mol. The molecule has 3 aromatic rings. The summed E-state index contributed by atoms with van der Waals surface area (Å²) in [6, 6.07) is 1.02. The fourth-order valence-electron chi connectivity index (χ4n) is 5.82. The molecule has 0 radical (unpaired) electrons. The Morgan fingerprint density at radius 2 is 1.95 bits per heavy atom. The van der Waals surface area contributed by atoms with Crippen LogP contribution in [-0.2, 0) is 24.7 Å². The highest BCUT2D eigenvalue weighted by atomic mass is 19.4. The van der Waals surface area contributed by atoms with Crippen molar-refractivity contribution in [3.63, 3.8) is 0 Å². The Morgan fingerprint density at radius 3 is 2.59 bits per heavy atom. The van der Waals surface area contributed by atoms with E-state index in [-0.39, 0.29) is 50.2 Å². The number of imidazole rings is 1. The number of carbonyl (C=O) groups excluding carboxylic acids is 1. The van der Waals surface area contributed by atoms with Crippen LogP contribution in [0.25, 0.3) is 5.78 Å². The van der Waals surface area contributed by atoms with Gasteiger partial charge in [0.2, 0.25) is 11.8 Å². The van der Waals surface area contributed by atoms with Gasteiger partial charge in [0, 0.05) is 45.0 Å². The molecule has 1 unspecified atom stereocenters. The quantitative estimate of drug-likeness (QED) is 0.274. The Bertz CT molecular complexity index is 1380. The molecule has 0 bridgehead atoms. The summed E-state index contributed by atoms with van der Waals surface area (Å²) in [4.78, 5) is 21.6. The summed E-state index contributed by atoms with van der Waals surface area (Å²) < 4.78 is 70.9. The van der Waals surface area contributed by atoms with Crippen LogP contribution in [0.3, 0.4) is 0 Å². The van der Waals surface area contributed by atoms with Gasteiger partial charge < -0.3 is 10.4 Å². The van der Waals surface area contributed by atoms with Crippen LogP contribution in [0.2, 0.25) is 0 Å². The lowest BCUT2D eigenvalue weighted by molar-refractivity contribution is -0.183. The lowest BCUT2D eigenvalue weighted by Gasteiger charge is -2.34. The average molecular weight is 585 g/mol. The fraction of sp³-hybridized carbons (Fsp3) is 0.654.